The first kappa shape index (κ1) is 14.8. The summed E-state index contributed by atoms with van der Waals surface area (Å²) in [5.41, 5.74) is 9.52. The number of fused-ring (bicyclic) bond motifs is 1. The minimum absolute atomic E-state index is 0.107. The molecule has 3 nitrogen and oxygen atoms in total. The molecule has 2 aromatic carbocycles. The van der Waals surface area contributed by atoms with Crippen LogP contribution < -0.4 is 10.6 Å². The zero-order valence-electron chi connectivity index (χ0n) is 12.9. The molecule has 2 atom stereocenters. The number of hydrogen-bond acceptors (Lipinski definition) is 2. The Balaban J connectivity index is 1.77. The molecule has 2 aromatic rings. The van der Waals surface area contributed by atoms with Gasteiger partial charge in [0.1, 0.15) is 0 Å². The first-order valence-electron chi connectivity index (χ1n) is 7.86. The van der Waals surface area contributed by atoms with E-state index in [4.69, 9.17) is 5.73 Å². The Kier molecular flexibility index (Phi) is 4.25. The number of anilines is 1. The Labute approximate surface area is 131 Å². The highest BCUT2D eigenvalue weighted by Crippen LogP contribution is 2.35. The fourth-order valence-corrected chi connectivity index (χ4v) is 3.12. The van der Waals surface area contributed by atoms with Crippen molar-refractivity contribution in [1.82, 2.24) is 0 Å². The summed E-state index contributed by atoms with van der Waals surface area (Å²) in [6.07, 6.45) is 1.34. The van der Waals surface area contributed by atoms with Crippen LogP contribution in [0.3, 0.4) is 0 Å². The zero-order valence-corrected chi connectivity index (χ0v) is 12.9. The molecule has 3 heteroatoms. The highest BCUT2D eigenvalue weighted by atomic mass is 16.2. The van der Waals surface area contributed by atoms with E-state index in [9.17, 15) is 4.79 Å². The number of rotatable bonds is 3. The van der Waals surface area contributed by atoms with Crippen LogP contribution in [0.4, 0.5) is 5.69 Å². The highest BCUT2D eigenvalue weighted by Gasteiger charge is 2.27. The summed E-state index contributed by atoms with van der Waals surface area (Å²) in [4.78, 5) is 14.6. The van der Waals surface area contributed by atoms with Gasteiger partial charge in [0, 0.05) is 24.7 Å². The molecule has 0 bridgehead atoms. The summed E-state index contributed by atoms with van der Waals surface area (Å²) in [7, 11) is 0. The second kappa shape index (κ2) is 6.32. The van der Waals surface area contributed by atoms with Crippen LogP contribution >= 0.6 is 0 Å². The van der Waals surface area contributed by atoms with Crippen LogP contribution in [0.2, 0.25) is 0 Å². The van der Waals surface area contributed by atoms with E-state index >= 15 is 0 Å². The van der Waals surface area contributed by atoms with Gasteiger partial charge in [-0.2, -0.15) is 0 Å². The van der Waals surface area contributed by atoms with Crippen LogP contribution in [0.1, 0.15) is 42.9 Å². The number of nitrogens with zero attached hydrogens (tertiary/aromatic N) is 1. The van der Waals surface area contributed by atoms with Gasteiger partial charge in [0.15, 0.2) is 0 Å². The van der Waals surface area contributed by atoms with Crippen LogP contribution in [0.5, 0.6) is 0 Å². The molecule has 0 saturated heterocycles. The van der Waals surface area contributed by atoms with E-state index in [2.05, 4.69) is 13.0 Å². The molecule has 2 N–H and O–H groups in total. The second-order valence-corrected chi connectivity index (χ2v) is 6.02. The van der Waals surface area contributed by atoms with Gasteiger partial charge in [-0.15, -0.1) is 0 Å². The summed E-state index contributed by atoms with van der Waals surface area (Å²) in [5.74, 6) is 0.610. The van der Waals surface area contributed by atoms with E-state index in [0.717, 1.165) is 24.2 Å². The normalized spacial score (nSPS) is 18.6. The number of carbonyl (C=O) groups excluding carboxylic acids is 1. The lowest BCUT2D eigenvalue weighted by Gasteiger charge is -2.33. The molecule has 0 spiro atoms. The van der Waals surface area contributed by atoms with Crippen molar-refractivity contribution in [3.8, 4) is 0 Å². The summed E-state index contributed by atoms with van der Waals surface area (Å²) >= 11 is 0. The standard InChI is InChI=1S/C19H22N2O/c1-14-11-12-21(18-10-6-5-9-16(14)18)19(22)13-17(20)15-7-3-2-4-8-15/h2-10,14,17H,11-13,20H2,1H3. The predicted octanol–water partition coefficient (Wildman–Crippen LogP) is 3.62. The first-order chi connectivity index (χ1) is 10.7. The lowest BCUT2D eigenvalue weighted by atomic mass is 9.91. The number of para-hydroxylation sites is 1. The Bertz CT molecular complexity index is 653. The molecule has 0 aromatic heterocycles. The number of hydrogen-bond donors (Lipinski definition) is 1. The quantitative estimate of drug-likeness (QED) is 0.940. The van der Waals surface area contributed by atoms with Crippen LogP contribution in [-0.2, 0) is 4.79 Å². The van der Waals surface area contributed by atoms with Gasteiger partial charge in [-0.05, 0) is 29.5 Å². The summed E-state index contributed by atoms with van der Waals surface area (Å²) in [6, 6.07) is 17.8. The number of benzene rings is 2. The fourth-order valence-electron chi connectivity index (χ4n) is 3.12. The third kappa shape index (κ3) is 2.90. The predicted molar refractivity (Wildman–Crippen MR) is 89.8 cm³/mol. The van der Waals surface area contributed by atoms with Gasteiger partial charge in [-0.3, -0.25) is 4.79 Å². The van der Waals surface area contributed by atoms with Gasteiger partial charge in [0.25, 0.3) is 0 Å². The Hall–Kier alpha value is -2.13. The lowest BCUT2D eigenvalue weighted by Crippen LogP contribution is -2.37. The van der Waals surface area contributed by atoms with Crippen molar-refractivity contribution < 1.29 is 4.79 Å². The van der Waals surface area contributed by atoms with Crippen LogP contribution in [0.15, 0.2) is 54.6 Å². The first-order valence-corrected chi connectivity index (χ1v) is 7.86. The monoisotopic (exact) mass is 294 g/mol. The molecular weight excluding hydrogens is 272 g/mol. The van der Waals surface area contributed by atoms with Crippen molar-refractivity contribution in [2.24, 2.45) is 5.73 Å². The van der Waals surface area contributed by atoms with Gasteiger partial charge in [0.2, 0.25) is 5.91 Å². The van der Waals surface area contributed by atoms with Crippen molar-refractivity contribution >= 4 is 11.6 Å². The molecule has 0 fully saturated rings. The SMILES string of the molecule is CC1CCN(C(=O)CC(N)c2ccccc2)c2ccccc21. The Morgan fingerprint density at radius 3 is 2.64 bits per heavy atom. The number of carbonyl (C=O) groups is 1. The van der Waals surface area contributed by atoms with Crippen molar-refractivity contribution in [2.45, 2.75) is 31.7 Å². The molecule has 3 rings (SSSR count). The average Bonchev–Trinajstić information content (AvgIpc) is 2.56. The van der Waals surface area contributed by atoms with Crippen molar-refractivity contribution in [1.29, 1.82) is 0 Å². The van der Waals surface area contributed by atoms with Gasteiger partial charge in [0.05, 0.1) is 0 Å². The molecule has 2 unspecified atom stereocenters. The van der Waals surface area contributed by atoms with E-state index < -0.39 is 0 Å². The third-order valence-electron chi connectivity index (χ3n) is 4.47. The van der Waals surface area contributed by atoms with E-state index in [1.807, 2.05) is 53.4 Å². The maximum Gasteiger partial charge on any atom is 0.228 e. The maximum atomic E-state index is 12.7. The van der Waals surface area contributed by atoms with Gasteiger partial charge in [-0.25, -0.2) is 0 Å². The van der Waals surface area contributed by atoms with Gasteiger partial charge < -0.3 is 10.6 Å². The molecule has 0 radical (unpaired) electrons. The Morgan fingerprint density at radius 1 is 1.18 bits per heavy atom. The van der Waals surface area contributed by atoms with E-state index in [0.29, 0.717) is 12.3 Å². The second-order valence-electron chi connectivity index (χ2n) is 6.02. The summed E-state index contributed by atoms with van der Waals surface area (Å²) in [5, 5.41) is 0. The molecule has 1 aliphatic heterocycles. The highest BCUT2D eigenvalue weighted by molar-refractivity contribution is 5.95. The topological polar surface area (TPSA) is 46.3 Å². The smallest absolute Gasteiger partial charge is 0.228 e. The zero-order chi connectivity index (χ0) is 15.5. The van der Waals surface area contributed by atoms with Crippen LogP contribution in [0.25, 0.3) is 0 Å². The third-order valence-corrected chi connectivity index (χ3v) is 4.47. The molecule has 0 aliphatic carbocycles. The van der Waals surface area contributed by atoms with E-state index in [1.165, 1.54) is 5.56 Å². The molecule has 114 valence electrons. The Morgan fingerprint density at radius 2 is 1.86 bits per heavy atom. The summed E-state index contributed by atoms with van der Waals surface area (Å²) < 4.78 is 0. The molecule has 1 aliphatic rings. The van der Waals surface area contributed by atoms with Crippen LogP contribution in [0, 0.1) is 0 Å². The van der Waals surface area contributed by atoms with E-state index in [-0.39, 0.29) is 11.9 Å². The molecule has 1 heterocycles. The van der Waals surface area contributed by atoms with Gasteiger partial charge in [-0.1, -0.05) is 55.5 Å². The fraction of sp³-hybridized carbons (Fsp3) is 0.316. The molecule has 22 heavy (non-hydrogen) atoms. The van der Waals surface area contributed by atoms with Crippen LogP contribution in [-0.4, -0.2) is 12.5 Å². The molecule has 0 saturated carbocycles. The maximum absolute atomic E-state index is 12.7. The largest absolute Gasteiger partial charge is 0.324 e. The number of nitrogens with two attached hydrogens (primary N) is 1. The van der Waals surface area contributed by atoms with Crippen molar-refractivity contribution in [3.05, 3.63) is 65.7 Å². The van der Waals surface area contributed by atoms with Gasteiger partial charge >= 0.3 is 0 Å². The molecule has 1 amide bonds. The average molecular weight is 294 g/mol. The van der Waals surface area contributed by atoms with Crippen molar-refractivity contribution in [2.75, 3.05) is 11.4 Å². The van der Waals surface area contributed by atoms with E-state index in [1.54, 1.807) is 0 Å². The molecular formula is C19H22N2O. The minimum Gasteiger partial charge on any atom is -0.324 e. The lowest BCUT2D eigenvalue weighted by molar-refractivity contribution is -0.119. The minimum atomic E-state index is -0.250. The van der Waals surface area contributed by atoms with Crippen molar-refractivity contribution in [3.63, 3.8) is 0 Å². The number of amides is 1. The summed E-state index contributed by atoms with van der Waals surface area (Å²) in [6.45, 7) is 2.99.